The minimum Gasteiger partial charge on any atom is -0.376 e. The molecule has 1 aliphatic carbocycles. The molecule has 0 aromatic carbocycles. The summed E-state index contributed by atoms with van der Waals surface area (Å²) in [6, 6.07) is 2.74. The Morgan fingerprint density at radius 2 is 2.38 bits per heavy atom. The molecule has 0 radical (unpaired) electrons. The van der Waals surface area contributed by atoms with Gasteiger partial charge in [0.1, 0.15) is 12.2 Å². The first-order valence-electron chi connectivity index (χ1n) is 8.06. The molecule has 2 aromatic heterocycles. The van der Waals surface area contributed by atoms with Crippen LogP contribution in [0.3, 0.4) is 0 Å². The minimum atomic E-state index is -0.175. The summed E-state index contributed by atoms with van der Waals surface area (Å²) in [7, 11) is 0. The van der Waals surface area contributed by atoms with Crippen LogP contribution in [0.1, 0.15) is 31.9 Å². The highest BCUT2D eigenvalue weighted by molar-refractivity contribution is 5.84. The third-order valence-electron chi connectivity index (χ3n) is 4.17. The van der Waals surface area contributed by atoms with E-state index in [1.165, 1.54) is 0 Å². The van der Waals surface area contributed by atoms with Crippen LogP contribution in [0.5, 0.6) is 0 Å². The molecule has 2 heterocycles. The number of aliphatic hydroxyl groups is 1. The SMILES string of the molecule is CCOC(C)c1c[nH]c2c(=O)[nH]c3c(c12)=CC(C#CNCO)CC=3. The van der Waals surface area contributed by atoms with Crippen LogP contribution in [0.25, 0.3) is 23.1 Å². The summed E-state index contributed by atoms with van der Waals surface area (Å²) in [5.41, 5.74) is 1.40. The maximum Gasteiger partial charge on any atom is 0.272 e. The topological polar surface area (TPSA) is 90.1 Å². The molecule has 2 unspecified atom stereocenters. The molecular weight excluding hydrogens is 306 g/mol. The summed E-state index contributed by atoms with van der Waals surface area (Å²) in [5.74, 6) is 3.09. The number of ether oxygens (including phenoxy) is 1. The Kier molecular flexibility index (Phi) is 4.74. The smallest absolute Gasteiger partial charge is 0.272 e. The Labute approximate surface area is 139 Å². The molecule has 0 spiro atoms. The first-order chi connectivity index (χ1) is 11.7. The van der Waals surface area contributed by atoms with Crippen molar-refractivity contribution in [1.82, 2.24) is 15.3 Å². The summed E-state index contributed by atoms with van der Waals surface area (Å²) in [4.78, 5) is 18.3. The van der Waals surface area contributed by atoms with Gasteiger partial charge in [0.05, 0.1) is 6.10 Å². The van der Waals surface area contributed by atoms with Crippen molar-refractivity contribution in [3.63, 3.8) is 0 Å². The standard InChI is InChI=1S/C18H21N3O3/c1-3-24-11(2)14-9-20-17-16(14)13-8-12(6-7-19-10-22)4-5-15(13)21-18(17)23/h5,8-9,11-12,19-20,22H,3-4,10H2,1-2H3,(H,21,23). The van der Waals surface area contributed by atoms with Crippen LogP contribution < -0.4 is 21.4 Å². The number of hydrogen-bond acceptors (Lipinski definition) is 4. The van der Waals surface area contributed by atoms with Crippen molar-refractivity contribution in [2.24, 2.45) is 5.92 Å². The predicted molar refractivity (Wildman–Crippen MR) is 93.2 cm³/mol. The lowest BCUT2D eigenvalue weighted by Gasteiger charge is -2.12. The van der Waals surface area contributed by atoms with Gasteiger partial charge in [-0.3, -0.25) is 4.79 Å². The van der Waals surface area contributed by atoms with E-state index in [2.05, 4.69) is 33.3 Å². The normalized spacial score (nSPS) is 17.2. The fourth-order valence-corrected chi connectivity index (χ4v) is 3.09. The Balaban J connectivity index is 2.21. The zero-order valence-electron chi connectivity index (χ0n) is 13.8. The van der Waals surface area contributed by atoms with Crippen LogP contribution in [0.4, 0.5) is 0 Å². The lowest BCUT2D eigenvalue weighted by Crippen LogP contribution is -2.38. The van der Waals surface area contributed by atoms with Crippen molar-refractivity contribution in [1.29, 1.82) is 0 Å². The number of fused-ring (bicyclic) bond motifs is 3. The summed E-state index contributed by atoms with van der Waals surface area (Å²) in [6.45, 7) is 4.36. The van der Waals surface area contributed by atoms with E-state index in [-0.39, 0.29) is 24.3 Å². The van der Waals surface area contributed by atoms with Gasteiger partial charge < -0.3 is 25.1 Å². The molecular formula is C18H21N3O3. The monoisotopic (exact) mass is 327 g/mol. The van der Waals surface area contributed by atoms with Crippen molar-refractivity contribution < 1.29 is 9.84 Å². The first kappa shape index (κ1) is 16.4. The van der Waals surface area contributed by atoms with Gasteiger partial charge in [0.15, 0.2) is 0 Å². The highest BCUT2D eigenvalue weighted by Crippen LogP contribution is 2.22. The van der Waals surface area contributed by atoms with Crippen LogP contribution >= 0.6 is 0 Å². The molecule has 3 rings (SSSR count). The zero-order valence-corrected chi connectivity index (χ0v) is 13.8. The van der Waals surface area contributed by atoms with E-state index in [1.807, 2.05) is 26.1 Å². The molecule has 126 valence electrons. The van der Waals surface area contributed by atoms with Gasteiger partial charge in [-0.05, 0) is 20.3 Å². The van der Waals surface area contributed by atoms with Crippen LogP contribution in [0.2, 0.25) is 0 Å². The molecule has 0 amide bonds. The van der Waals surface area contributed by atoms with Gasteiger partial charge in [-0.15, -0.1) is 0 Å². The van der Waals surface area contributed by atoms with Crippen molar-refractivity contribution >= 4 is 23.1 Å². The average molecular weight is 327 g/mol. The second-order valence-electron chi connectivity index (χ2n) is 5.69. The number of pyridine rings is 1. The Morgan fingerprint density at radius 1 is 1.54 bits per heavy atom. The number of nitrogens with one attached hydrogen (secondary N) is 3. The minimum absolute atomic E-state index is 0.0239. The lowest BCUT2D eigenvalue weighted by molar-refractivity contribution is 0.0774. The van der Waals surface area contributed by atoms with Gasteiger partial charge in [0.25, 0.3) is 5.56 Å². The van der Waals surface area contributed by atoms with Gasteiger partial charge in [-0.2, -0.15) is 0 Å². The number of aromatic amines is 2. The maximum atomic E-state index is 12.3. The average Bonchev–Trinajstić information content (AvgIpc) is 3.02. The molecule has 4 N–H and O–H groups in total. The molecule has 6 nitrogen and oxygen atoms in total. The summed E-state index contributed by atoms with van der Waals surface area (Å²) in [5, 5.41) is 14.0. The van der Waals surface area contributed by atoms with E-state index in [4.69, 9.17) is 9.84 Å². The van der Waals surface area contributed by atoms with E-state index in [1.54, 1.807) is 0 Å². The predicted octanol–water partition coefficient (Wildman–Crippen LogP) is 0.0349. The summed E-state index contributed by atoms with van der Waals surface area (Å²) < 4.78 is 5.71. The lowest BCUT2D eigenvalue weighted by atomic mass is 9.97. The van der Waals surface area contributed by atoms with Crippen LogP contribution in [-0.4, -0.2) is 28.4 Å². The number of rotatable bonds is 4. The fraction of sp³-hybridized carbons (Fsp3) is 0.389. The zero-order chi connectivity index (χ0) is 17.1. The third kappa shape index (κ3) is 2.96. The van der Waals surface area contributed by atoms with Crippen LogP contribution in [-0.2, 0) is 4.74 Å². The molecule has 1 aliphatic rings. The molecule has 0 bridgehead atoms. The van der Waals surface area contributed by atoms with E-state index >= 15 is 0 Å². The fourth-order valence-electron chi connectivity index (χ4n) is 3.09. The number of hydrogen-bond donors (Lipinski definition) is 4. The van der Waals surface area contributed by atoms with Crippen LogP contribution in [0.15, 0.2) is 11.0 Å². The quantitative estimate of drug-likeness (QED) is 0.362. The Morgan fingerprint density at radius 3 is 3.12 bits per heavy atom. The highest BCUT2D eigenvalue weighted by Gasteiger charge is 2.17. The molecule has 0 saturated carbocycles. The highest BCUT2D eigenvalue weighted by atomic mass is 16.5. The molecule has 2 atom stereocenters. The van der Waals surface area contributed by atoms with Gasteiger partial charge in [-0.25, -0.2) is 0 Å². The molecule has 24 heavy (non-hydrogen) atoms. The molecule has 0 saturated heterocycles. The molecule has 6 heteroatoms. The van der Waals surface area contributed by atoms with Crippen molar-refractivity contribution in [3.05, 3.63) is 32.7 Å². The second-order valence-corrected chi connectivity index (χ2v) is 5.69. The first-order valence-corrected chi connectivity index (χ1v) is 8.06. The van der Waals surface area contributed by atoms with Gasteiger partial charge in [0, 0.05) is 46.3 Å². The largest absolute Gasteiger partial charge is 0.376 e. The molecule has 0 fully saturated rings. The molecule has 2 aromatic rings. The summed E-state index contributed by atoms with van der Waals surface area (Å²) in [6.07, 6.45) is 6.52. The van der Waals surface area contributed by atoms with E-state index in [0.29, 0.717) is 12.1 Å². The molecule has 0 aliphatic heterocycles. The third-order valence-corrected chi connectivity index (χ3v) is 4.17. The summed E-state index contributed by atoms with van der Waals surface area (Å²) >= 11 is 0. The van der Waals surface area contributed by atoms with E-state index < -0.39 is 0 Å². The Hall–Kier alpha value is -2.49. The van der Waals surface area contributed by atoms with E-state index in [9.17, 15) is 4.79 Å². The van der Waals surface area contributed by atoms with Crippen molar-refractivity contribution in [2.75, 3.05) is 13.3 Å². The number of aromatic nitrogens is 2. The number of aliphatic hydroxyl groups excluding tert-OH is 1. The van der Waals surface area contributed by atoms with Crippen molar-refractivity contribution in [3.8, 4) is 12.0 Å². The van der Waals surface area contributed by atoms with Crippen LogP contribution in [0, 0.1) is 17.9 Å². The van der Waals surface area contributed by atoms with Crippen molar-refractivity contribution in [2.45, 2.75) is 26.4 Å². The number of H-pyrrole nitrogens is 2. The van der Waals surface area contributed by atoms with Gasteiger partial charge >= 0.3 is 0 Å². The van der Waals surface area contributed by atoms with E-state index in [0.717, 1.165) is 27.9 Å². The van der Waals surface area contributed by atoms with Gasteiger partial charge in [-0.1, -0.05) is 18.1 Å². The maximum absolute atomic E-state index is 12.3. The Bertz CT molecular complexity index is 975. The van der Waals surface area contributed by atoms with Gasteiger partial charge in [0.2, 0.25) is 0 Å². The second kappa shape index (κ2) is 6.95.